The second-order valence-corrected chi connectivity index (χ2v) is 7.37. The number of likely N-dealkylation sites (tertiary alicyclic amines) is 1. The molecule has 7 nitrogen and oxygen atoms in total. The van der Waals surface area contributed by atoms with E-state index in [4.69, 9.17) is 26.3 Å². The Bertz CT molecular complexity index is 972. The minimum atomic E-state index is -0.213. The van der Waals surface area contributed by atoms with Gasteiger partial charge in [-0.1, -0.05) is 11.6 Å². The van der Waals surface area contributed by atoms with E-state index in [1.165, 1.54) is 14.2 Å². The molecule has 1 N–H and O–H groups in total. The highest BCUT2D eigenvalue weighted by Gasteiger charge is 2.28. The Balaban J connectivity index is 1.61. The number of nitrogens with zero attached hydrogens (tertiary/aromatic N) is 2. The Labute approximate surface area is 180 Å². The van der Waals surface area contributed by atoms with Gasteiger partial charge in [0.2, 0.25) is 5.91 Å². The van der Waals surface area contributed by atoms with Gasteiger partial charge in [0, 0.05) is 36.3 Å². The number of hydrogen-bond donors (Lipinski definition) is 1. The maximum absolute atomic E-state index is 12.9. The van der Waals surface area contributed by atoms with Crippen molar-refractivity contribution in [3.05, 3.63) is 52.5 Å². The first-order valence-corrected chi connectivity index (χ1v) is 9.85. The first kappa shape index (κ1) is 21.5. The number of hydrogen-bond acceptors (Lipinski definition) is 5. The summed E-state index contributed by atoms with van der Waals surface area (Å²) in [4.78, 5) is 27.2. The lowest BCUT2D eigenvalue weighted by Gasteiger charge is -2.31. The van der Waals surface area contributed by atoms with Crippen LogP contribution in [-0.4, -0.2) is 44.0 Å². The molecule has 1 aliphatic rings. The van der Waals surface area contributed by atoms with Gasteiger partial charge in [0.05, 0.1) is 24.8 Å². The van der Waals surface area contributed by atoms with Crippen LogP contribution in [0.1, 0.15) is 28.8 Å². The lowest BCUT2D eigenvalue weighted by Crippen LogP contribution is -2.41. The number of rotatable bonds is 5. The van der Waals surface area contributed by atoms with Crippen molar-refractivity contribution in [2.45, 2.75) is 12.8 Å². The minimum absolute atomic E-state index is 0.123. The van der Waals surface area contributed by atoms with E-state index in [2.05, 4.69) is 5.32 Å². The highest BCUT2D eigenvalue weighted by atomic mass is 35.5. The molecule has 0 aliphatic carbocycles. The largest absolute Gasteiger partial charge is 0.497 e. The number of halogens is 1. The first-order chi connectivity index (χ1) is 14.4. The van der Waals surface area contributed by atoms with E-state index in [0.29, 0.717) is 59.3 Å². The van der Waals surface area contributed by atoms with Gasteiger partial charge in [-0.05, 0) is 43.2 Å². The molecule has 0 bridgehead atoms. The number of amides is 2. The number of methoxy groups -OCH3 is 2. The third kappa shape index (κ3) is 4.84. The molecule has 0 spiro atoms. The van der Waals surface area contributed by atoms with E-state index in [1.807, 2.05) is 6.07 Å². The summed E-state index contributed by atoms with van der Waals surface area (Å²) in [5.41, 5.74) is 1.32. The van der Waals surface area contributed by atoms with Gasteiger partial charge in [-0.25, -0.2) is 0 Å². The predicted molar refractivity (Wildman–Crippen MR) is 113 cm³/mol. The quantitative estimate of drug-likeness (QED) is 0.785. The summed E-state index contributed by atoms with van der Waals surface area (Å²) in [7, 11) is 3.07. The number of benzene rings is 2. The molecule has 0 radical (unpaired) electrons. The van der Waals surface area contributed by atoms with Crippen LogP contribution in [0.4, 0.5) is 5.69 Å². The molecule has 156 valence electrons. The third-order valence-electron chi connectivity index (χ3n) is 5.11. The van der Waals surface area contributed by atoms with Crippen LogP contribution in [0.5, 0.6) is 11.5 Å². The van der Waals surface area contributed by atoms with Gasteiger partial charge < -0.3 is 19.7 Å². The Kier molecular flexibility index (Phi) is 6.80. The molecule has 0 aromatic heterocycles. The SMILES string of the molecule is COc1cc(OC)cc(C(=O)N2CCC(C(=O)Nc3ccc(Cl)c(C#N)c3)CC2)c1. The van der Waals surface area contributed by atoms with Crippen LogP contribution in [0.2, 0.25) is 5.02 Å². The Morgan fingerprint density at radius 1 is 1.10 bits per heavy atom. The van der Waals surface area contributed by atoms with Crippen LogP contribution in [0.25, 0.3) is 0 Å². The fourth-order valence-corrected chi connectivity index (χ4v) is 3.55. The lowest BCUT2D eigenvalue weighted by molar-refractivity contribution is -0.121. The van der Waals surface area contributed by atoms with Crippen molar-refractivity contribution in [2.24, 2.45) is 5.92 Å². The number of anilines is 1. The molecular formula is C22H22ClN3O4. The van der Waals surface area contributed by atoms with Gasteiger partial charge in [0.1, 0.15) is 17.6 Å². The van der Waals surface area contributed by atoms with Gasteiger partial charge in [-0.15, -0.1) is 0 Å². The minimum Gasteiger partial charge on any atom is -0.497 e. The van der Waals surface area contributed by atoms with Gasteiger partial charge in [-0.2, -0.15) is 5.26 Å². The van der Waals surface area contributed by atoms with Gasteiger partial charge in [0.15, 0.2) is 0 Å². The molecule has 1 heterocycles. The lowest BCUT2D eigenvalue weighted by atomic mass is 9.95. The monoisotopic (exact) mass is 427 g/mol. The highest BCUT2D eigenvalue weighted by Crippen LogP contribution is 2.26. The smallest absolute Gasteiger partial charge is 0.254 e. The second-order valence-electron chi connectivity index (χ2n) is 6.96. The number of piperidine rings is 1. The molecule has 0 saturated carbocycles. The van der Waals surface area contributed by atoms with Crippen LogP contribution in [0.15, 0.2) is 36.4 Å². The standard InChI is InChI=1S/C22H22ClN3O4/c1-29-18-10-15(11-19(12-18)30-2)22(28)26-7-5-14(6-8-26)21(27)25-17-3-4-20(23)16(9-17)13-24/h3-4,9-12,14H,5-8H2,1-2H3,(H,25,27). The van der Waals surface area contributed by atoms with E-state index in [-0.39, 0.29) is 17.7 Å². The number of nitriles is 1. The average molecular weight is 428 g/mol. The van der Waals surface area contributed by atoms with E-state index in [9.17, 15) is 9.59 Å². The average Bonchev–Trinajstić information content (AvgIpc) is 2.79. The summed E-state index contributed by atoms with van der Waals surface area (Å²) in [6.07, 6.45) is 1.11. The molecule has 30 heavy (non-hydrogen) atoms. The van der Waals surface area contributed by atoms with Crippen molar-refractivity contribution < 1.29 is 19.1 Å². The van der Waals surface area contributed by atoms with Crippen LogP contribution in [0, 0.1) is 17.2 Å². The van der Waals surface area contributed by atoms with E-state index < -0.39 is 0 Å². The number of carbonyl (C=O) groups excluding carboxylic acids is 2. The maximum atomic E-state index is 12.9. The van der Waals surface area contributed by atoms with Crippen molar-refractivity contribution in [1.82, 2.24) is 4.90 Å². The molecule has 0 unspecified atom stereocenters. The zero-order valence-corrected chi connectivity index (χ0v) is 17.5. The zero-order chi connectivity index (χ0) is 21.7. The second kappa shape index (κ2) is 9.51. The summed E-state index contributed by atoms with van der Waals surface area (Å²) >= 11 is 5.93. The van der Waals surface area contributed by atoms with Crippen molar-refractivity contribution in [2.75, 3.05) is 32.6 Å². The van der Waals surface area contributed by atoms with Crippen LogP contribution in [-0.2, 0) is 4.79 Å². The van der Waals surface area contributed by atoms with Crippen molar-refractivity contribution >= 4 is 29.1 Å². The fraction of sp³-hybridized carbons (Fsp3) is 0.318. The van der Waals surface area contributed by atoms with Crippen molar-refractivity contribution in [1.29, 1.82) is 5.26 Å². The molecule has 2 amide bonds. The van der Waals surface area contributed by atoms with Gasteiger partial charge >= 0.3 is 0 Å². The summed E-state index contributed by atoms with van der Waals surface area (Å²) in [5.74, 6) is 0.632. The summed E-state index contributed by atoms with van der Waals surface area (Å²) < 4.78 is 10.5. The molecule has 2 aromatic rings. The summed E-state index contributed by atoms with van der Waals surface area (Å²) in [6.45, 7) is 0.945. The molecule has 8 heteroatoms. The molecule has 3 rings (SSSR count). The highest BCUT2D eigenvalue weighted by molar-refractivity contribution is 6.31. The van der Waals surface area contributed by atoms with Crippen molar-refractivity contribution in [3.63, 3.8) is 0 Å². The Hall–Kier alpha value is -3.24. The molecular weight excluding hydrogens is 406 g/mol. The topological polar surface area (TPSA) is 91.7 Å². The Morgan fingerprint density at radius 3 is 2.30 bits per heavy atom. The molecule has 1 fully saturated rings. The van der Waals surface area contributed by atoms with E-state index >= 15 is 0 Å². The predicted octanol–water partition coefficient (Wildman–Crippen LogP) is 3.72. The van der Waals surface area contributed by atoms with E-state index in [0.717, 1.165) is 0 Å². The first-order valence-electron chi connectivity index (χ1n) is 9.48. The normalized spacial score (nSPS) is 14.0. The molecule has 0 atom stereocenters. The van der Waals surface area contributed by atoms with Crippen molar-refractivity contribution in [3.8, 4) is 17.6 Å². The third-order valence-corrected chi connectivity index (χ3v) is 5.44. The maximum Gasteiger partial charge on any atom is 0.254 e. The number of nitrogens with one attached hydrogen (secondary N) is 1. The summed E-state index contributed by atoms with van der Waals surface area (Å²) in [5, 5.41) is 12.2. The molecule has 2 aromatic carbocycles. The van der Waals surface area contributed by atoms with Gasteiger partial charge in [-0.3, -0.25) is 9.59 Å². The Morgan fingerprint density at radius 2 is 1.73 bits per heavy atom. The number of carbonyl (C=O) groups is 2. The van der Waals surface area contributed by atoms with Crippen LogP contribution in [0.3, 0.4) is 0 Å². The number of ether oxygens (including phenoxy) is 2. The van der Waals surface area contributed by atoms with Crippen LogP contribution >= 0.6 is 11.6 Å². The van der Waals surface area contributed by atoms with Crippen LogP contribution < -0.4 is 14.8 Å². The summed E-state index contributed by atoms with van der Waals surface area (Å²) in [6, 6.07) is 11.9. The van der Waals surface area contributed by atoms with Gasteiger partial charge in [0.25, 0.3) is 5.91 Å². The molecule has 1 saturated heterocycles. The van der Waals surface area contributed by atoms with E-state index in [1.54, 1.807) is 41.3 Å². The fourth-order valence-electron chi connectivity index (χ4n) is 3.39. The zero-order valence-electron chi connectivity index (χ0n) is 16.8. The molecule has 1 aliphatic heterocycles.